The molecule has 2 aromatic heterocycles. The minimum absolute atomic E-state index is 0.211. The highest BCUT2D eigenvalue weighted by Crippen LogP contribution is 2.50. The zero-order chi connectivity index (χ0) is 22.6. The van der Waals surface area contributed by atoms with Crippen LogP contribution in [0.4, 0.5) is 4.39 Å². The molecule has 4 rings (SSSR count). The largest absolute Gasteiger partial charge is 0.383 e. The average molecular weight is 447 g/mol. The quantitative estimate of drug-likeness (QED) is 0.567. The van der Waals surface area contributed by atoms with E-state index in [0.29, 0.717) is 11.6 Å². The molecule has 10 heteroatoms. The summed E-state index contributed by atoms with van der Waals surface area (Å²) >= 11 is 5.94. The van der Waals surface area contributed by atoms with Gasteiger partial charge in [-0.3, -0.25) is 9.89 Å². The Morgan fingerprint density at radius 3 is 2.61 bits per heavy atom. The lowest BCUT2D eigenvalue weighted by Gasteiger charge is -2.37. The normalized spacial score (nSPS) is 21.0. The van der Waals surface area contributed by atoms with Crippen molar-refractivity contribution < 1.29 is 14.3 Å². The smallest absolute Gasteiger partial charge is 0.254 e. The molecule has 0 bridgehead atoms. The van der Waals surface area contributed by atoms with Gasteiger partial charge in [-0.05, 0) is 41.5 Å². The van der Waals surface area contributed by atoms with Gasteiger partial charge >= 0.3 is 0 Å². The van der Waals surface area contributed by atoms with Gasteiger partial charge in [0.15, 0.2) is 0 Å². The van der Waals surface area contributed by atoms with Gasteiger partial charge in [-0.2, -0.15) is 14.6 Å². The Morgan fingerprint density at radius 2 is 2.10 bits per heavy atom. The summed E-state index contributed by atoms with van der Waals surface area (Å²) in [6, 6.07) is 7.67. The lowest BCUT2D eigenvalue weighted by molar-refractivity contribution is -0.0298. The number of carbonyl (C=O) groups is 1. The Hall–Kier alpha value is -3.04. The van der Waals surface area contributed by atoms with Crippen LogP contribution in [0.5, 0.6) is 0 Å². The first kappa shape index (κ1) is 22.6. The van der Waals surface area contributed by atoms with Crippen molar-refractivity contribution in [2.24, 2.45) is 11.1 Å². The minimum atomic E-state index is -0.930. The number of H-pyrrole nitrogens is 1. The van der Waals surface area contributed by atoms with Crippen molar-refractivity contribution in [1.82, 2.24) is 25.0 Å². The number of aromatic nitrogens is 5. The molecular weight excluding hydrogens is 423 g/mol. The summed E-state index contributed by atoms with van der Waals surface area (Å²) in [7, 11) is 0. The van der Waals surface area contributed by atoms with Gasteiger partial charge < -0.3 is 10.8 Å². The minimum Gasteiger partial charge on any atom is -0.383 e. The van der Waals surface area contributed by atoms with Crippen molar-refractivity contribution in [3.63, 3.8) is 0 Å². The summed E-state index contributed by atoms with van der Waals surface area (Å²) in [6.45, 7) is 4.62. The number of benzene rings is 1. The number of aromatic amines is 1. The third kappa shape index (κ3) is 5.00. The van der Waals surface area contributed by atoms with Gasteiger partial charge in [0, 0.05) is 5.02 Å². The van der Waals surface area contributed by atoms with Gasteiger partial charge in [-0.1, -0.05) is 43.7 Å². The van der Waals surface area contributed by atoms with Crippen LogP contribution < -0.4 is 5.73 Å². The molecule has 8 nitrogen and oxygen atoms in total. The standard InChI is InChI=1S/C17H20ClN3O.C4H4FN3O/c1-16(2)8-7-14(9-13-3-5-15(18)6-4-13)17(16,22)10-21-12-19-11-20-21;5-3-2(4(6)9)1-7-8-3/h3-6,9,11-12,22H,7-8,10H2,1-2H3;1H,(H2,6,9)(H,7,8)/b14-9+;. The summed E-state index contributed by atoms with van der Waals surface area (Å²) in [4.78, 5) is 14.2. The van der Waals surface area contributed by atoms with Gasteiger partial charge in [0.2, 0.25) is 5.95 Å². The molecule has 1 aliphatic carbocycles. The molecular formula is C21H24ClFN6O2. The fourth-order valence-electron chi connectivity index (χ4n) is 3.55. The van der Waals surface area contributed by atoms with E-state index in [-0.39, 0.29) is 11.0 Å². The number of rotatable bonds is 4. The highest BCUT2D eigenvalue weighted by molar-refractivity contribution is 6.30. The van der Waals surface area contributed by atoms with E-state index in [2.05, 4.69) is 35.1 Å². The van der Waals surface area contributed by atoms with Gasteiger partial charge in [0.1, 0.15) is 23.8 Å². The molecule has 0 saturated heterocycles. The van der Waals surface area contributed by atoms with Crippen LogP contribution in [0.15, 0.2) is 48.7 Å². The second-order valence-corrected chi connectivity index (χ2v) is 8.46. The molecule has 1 aromatic carbocycles. The van der Waals surface area contributed by atoms with Crippen molar-refractivity contribution in [1.29, 1.82) is 0 Å². The second-order valence-electron chi connectivity index (χ2n) is 8.02. The van der Waals surface area contributed by atoms with E-state index in [1.807, 2.05) is 29.4 Å². The summed E-state index contributed by atoms with van der Waals surface area (Å²) < 4.78 is 13.9. The molecule has 1 amide bonds. The van der Waals surface area contributed by atoms with E-state index in [9.17, 15) is 14.3 Å². The van der Waals surface area contributed by atoms with Gasteiger partial charge in [-0.25, -0.2) is 9.67 Å². The Labute approximate surface area is 183 Å². The predicted octanol–water partition coefficient (Wildman–Crippen LogP) is 3.21. The molecule has 3 aromatic rings. The Bertz CT molecular complexity index is 1060. The maximum Gasteiger partial charge on any atom is 0.254 e. The number of nitrogens with one attached hydrogen (secondary N) is 1. The highest BCUT2D eigenvalue weighted by Gasteiger charge is 2.51. The molecule has 4 N–H and O–H groups in total. The van der Waals surface area contributed by atoms with Crippen molar-refractivity contribution in [2.45, 2.75) is 38.8 Å². The van der Waals surface area contributed by atoms with Crippen LogP contribution in [0.1, 0.15) is 42.6 Å². The van der Waals surface area contributed by atoms with E-state index in [0.717, 1.165) is 30.2 Å². The monoisotopic (exact) mass is 446 g/mol. The molecule has 0 radical (unpaired) electrons. The van der Waals surface area contributed by atoms with Crippen LogP contribution in [-0.2, 0) is 6.54 Å². The van der Waals surface area contributed by atoms with Crippen LogP contribution in [-0.4, -0.2) is 41.6 Å². The predicted molar refractivity (Wildman–Crippen MR) is 114 cm³/mol. The van der Waals surface area contributed by atoms with Crippen molar-refractivity contribution in [3.8, 4) is 0 Å². The third-order valence-electron chi connectivity index (χ3n) is 5.60. The second kappa shape index (κ2) is 8.99. The molecule has 0 spiro atoms. The van der Waals surface area contributed by atoms with Crippen molar-refractivity contribution in [2.75, 3.05) is 0 Å². The number of halogens is 2. The van der Waals surface area contributed by atoms with Crippen molar-refractivity contribution >= 4 is 23.6 Å². The van der Waals surface area contributed by atoms with E-state index in [1.54, 1.807) is 11.0 Å². The van der Waals surface area contributed by atoms with Gasteiger partial charge in [-0.15, -0.1) is 0 Å². The fraction of sp³-hybridized carbons (Fsp3) is 0.333. The number of primary amides is 1. The van der Waals surface area contributed by atoms with Crippen LogP contribution in [0.3, 0.4) is 0 Å². The molecule has 1 unspecified atom stereocenters. The number of aliphatic hydroxyl groups is 1. The average Bonchev–Trinajstić information content (AvgIpc) is 3.42. The third-order valence-corrected chi connectivity index (χ3v) is 5.85. The first-order valence-corrected chi connectivity index (χ1v) is 10.0. The number of nitrogens with zero attached hydrogens (tertiary/aromatic N) is 4. The Morgan fingerprint density at radius 1 is 1.39 bits per heavy atom. The number of carbonyl (C=O) groups excluding carboxylic acids is 1. The highest BCUT2D eigenvalue weighted by atomic mass is 35.5. The van der Waals surface area contributed by atoms with Crippen molar-refractivity contribution in [3.05, 3.63) is 70.8 Å². The maximum atomic E-state index is 12.2. The molecule has 31 heavy (non-hydrogen) atoms. The van der Waals surface area contributed by atoms with Gasteiger partial charge in [0.05, 0.1) is 12.7 Å². The number of amides is 1. The lowest BCUT2D eigenvalue weighted by Crippen LogP contribution is -2.45. The number of hydrogen-bond donors (Lipinski definition) is 3. The van der Waals surface area contributed by atoms with E-state index >= 15 is 0 Å². The molecule has 1 atom stereocenters. The van der Waals surface area contributed by atoms with Crippen LogP contribution in [0, 0.1) is 11.4 Å². The first-order chi connectivity index (χ1) is 14.6. The maximum absolute atomic E-state index is 12.2. The topological polar surface area (TPSA) is 123 Å². The zero-order valence-corrected chi connectivity index (χ0v) is 18.0. The van der Waals surface area contributed by atoms with E-state index in [1.165, 1.54) is 6.33 Å². The Kier molecular flexibility index (Phi) is 6.56. The molecule has 164 valence electrons. The number of hydrogen-bond acceptors (Lipinski definition) is 5. The zero-order valence-electron chi connectivity index (χ0n) is 17.2. The van der Waals surface area contributed by atoms with Crippen LogP contribution in [0.2, 0.25) is 5.02 Å². The van der Waals surface area contributed by atoms with Crippen LogP contribution in [0.25, 0.3) is 6.08 Å². The fourth-order valence-corrected chi connectivity index (χ4v) is 3.68. The summed E-state index contributed by atoms with van der Waals surface area (Å²) in [6.07, 6.45) is 8.07. The molecule has 2 heterocycles. The molecule has 1 fully saturated rings. The molecule has 1 saturated carbocycles. The summed E-state index contributed by atoms with van der Waals surface area (Å²) in [5, 5.41) is 21.4. The van der Waals surface area contributed by atoms with Crippen LogP contribution >= 0.6 is 11.6 Å². The molecule has 1 aliphatic rings. The van der Waals surface area contributed by atoms with E-state index in [4.69, 9.17) is 17.3 Å². The molecule has 0 aliphatic heterocycles. The van der Waals surface area contributed by atoms with E-state index < -0.39 is 17.5 Å². The summed E-state index contributed by atoms with van der Waals surface area (Å²) in [5.41, 5.74) is 5.45. The SMILES string of the molecule is CC1(C)CC/C(=C\c2ccc(Cl)cc2)C1(O)Cn1cncn1.NC(=O)c1cn[nH]c1F. The number of nitrogens with two attached hydrogens (primary N) is 1. The first-order valence-electron chi connectivity index (χ1n) is 9.62. The summed E-state index contributed by atoms with van der Waals surface area (Å²) in [5.74, 6) is -1.61. The van der Waals surface area contributed by atoms with Gasteiger partial charge in [0.25, 0.3) is 5.91 Å². The Balaban J connectivity index is 0.000000254. The lowest BCUT2D eigenvalue weighted by atomic mass is 9.76.